The van der Waals surface area contributed by atoms with Crippen LogP contribution in [0.15, 0.2) is 24.3 Å². The van der Waals surface area contributed by atoms with Crippen molar-refractivity contribution in [1.82, 2.24) is 5.32 Å². The van der Waals surface area contributed by atoms with Crippen molar-refractivity contribution in [3.8, 4) is 0 Å². The molecule has 1 aromatic carbocycles. The molecule has 0 atom stereocenters. The molecule has 3 N–H and O–H groups in total. The van der Waals surface area contributed by atoms with Gasteiger partial charge in [0.2, 0.25) is 5.91 Å². The number of ether oxygens (including phenoxy) is 1. The molecule has 0 spiro atoms. The average Bonchev–Trinajstić information content (AvgIpc) is 2.29. The third kappa shape index (κ3) is 4.00. The molecule has 0 unspecified atom stereocenters. The van der Waals surface area contributed by atoms with Crippen LogP contribution in [0.4, 0.5) is 0 Å². The van der Waals surface area contributed by atoms with Gasteiger partial charge >= 0.3 is 0 Å². The zero-order valence-electron chi connectivity index (χ0n) is 9.53. The second-order valence-electron chi connectivity index (χ2n) is 3.54. The molecule has 0 radical (unpaired) electrons. The summed E-state index contributed by atoms with van der Waals surface area (Å²) in [6.07, 6.45) is 0.954. The van der Waals surface area contributed by atoms with E-state index in [0.717, 1.165) is 25.1 Å². The van der Waals surface area contributed by atoms with Crippen LogP contribution in [0.2, 0.25) is 0 Å². The predicted molar refractivity (Wildman–Crippen MR) is 63.2 cm³/mol. The molecular weight excluding hydrogens is 204 g/mol. The van der Waals surface area contributed by atoms with Gasteiger partial charge < -0.3 is 15.8 Å². The summed E-state index contributed by atoms with van der Waals surface area (Å²) >= 11 is 0. The number of carbonyl (C=O) groups excluding carboxylic acids is 1. The predicted octanol–water partition coefficient (Wildman–Crippen LogP) is 0.912. The Hall–Kier alpha value is -1.39. The van der Waals surface area contributed by atoms with Crippen molar-refractivity contribution in [1.29, 1.82) is 0 Å². The monoisotopic (exact) mass is 222 g/mol. The fraction of sp³-hybridized carbons (Fsp3) is 0.417. The summed E-state index contributed by atoms with van der Waals surface area (Å²) in [4.78, 5) is 11.1. The Kier molecular flexibility index (Phi) is 5.53. The lowest BCUT2D eigenvalue weighted by Crippen LogP contribution is -2.20. The highest BCUT2D eigenvalue weighted by atomic mass is 16.5. The molecule has 0 fully saturated rings. The summed E-state index contributed by atoms with van der Waals surface area (Å²) in [6.45, 7) is 2.26. The fourth-order valence-corrected chi connectivity index (χ4v) is 1.48. The summed E-state index contributed by atoms with van der Waals surface area (Å²) in [5.74, 6) is -0.380. The van der Waals surface area contributed by atoms with Gasteiger partial charge in [-0.15, -0.1) is 0 Å². The summed E-state index contributed by atoms with van der Waals surface area (Å²) in [7, 11) is 1.68. The minimum atomic E-state index is -0.380. The lowest BCUT2D eigenvalue weighted by Gasteiger charge is -2.07. The van der Waals surface area contributed by atoms with E-state index >= 15 is 0 Å². The third-order valence-electron chi connectivity index (χ3n) is 2.30. The van der Waals surface area contributed by atoms with E-state index in [1.165, 1.54) is 0 Å². The van der Waals surface area contributed by atoms with E-state index in [4.69, 9.17) is 10.5 Å². The third-order valence-corrected chi connectivity index (χ3v) is 2.30. The Balaban J connectivity index is 2.44. The Morgan fingerprint density at radius 2 is 2.19 bits per heavy atom. The molecule has 16 heavy (non-hydrogen) atoms. The number of primary amides is 1. The maximum absolute atomic E-state index is 11.1. The number of methoxy groups -OCH3 is 1. The van der Waals surface area contributed by atoms with Gasteiger partial charge in [0.15, 0.2) is 0 Å². The fourth-order valence-electron chi connectivity index (χ4n) is 1.48. The lowest BCUT2D eigenvalue weighted by molar-refractivity contribution is 0.0999. The first-order chi connectivity index (χ1) is 7.75. The van der Waals surface area contributed by atoms with Crippen LogP contribution in [-0.2, 0) is 11.3 Å². The van der Waals surface area contributed by atoms with Gasteiger partial charge in [0.25, 0.3) is 0 Å². The van der Waals surface area contributed by atoms with Crippen molar-refractivity contribution in [2.24, 2.45) is 5.73 Å². The molecule has 0 aromatic heterocycles. The van der Waals surface area contributed by atoms with Gasteiger partial charge in [-0.25, -0.2) is 0 Å². The van der Waals surface area contributed by atoms with Crippen LogP contribution in [-0.4, -0.2) is 26.2 Å². The molecule has 1 rings (SSSR count). The van der Waals surface area contributed by atoms with Crippen molar-refractivity contribution in [2.75, 3.05) is 20.3 Å². The number of hydrogen-bond acceptors (Lipinski definition) is 3. The number of rotatable bonds is 7. The highest BCUT2D eigenvalue weighted by Crippen LogP contribution is 2.07. The number of nitrogens with two attached hydrogens (primary N) is 1. The number of amides is 1. The van der Waals surface area contributed by atoms with Crippen molar-refractivity contribution in [2.45, 2.75) is 13.0 Å². The van der Waals surface area contributed by atoms with Crippen LogP contribution in [0.25, 0.3) is 0 Å². The van der Waals surface area contributed by atoms with Crippen LogP contribution >= 0.6 is 0 Å². The van der Waals surface area contributed by atoms with E-state index in [-0.39, 0.29) is 5.91 Å². The van der Waals surface area contributed by atoms with E-state index in [1.54, 1.807) is 13.2 Å². The number of carbonyl (C=O) groups is 1. The average molecular weight is 222 g/mol. The molecule has 0 heterocycles. The van der Waals surface area contributed by atoms with Gasteiger partial charge in [-0.1, -0.05) is 18.2 Å². The van der Waals surface area contributed by atoms with Gasteiger partial charge in [0, 0.05) is 25.8 Å². The summed E-state index contributed by atoms with van der Waals surface area (Å²) in [5.41, 5.74) is 6.80. The molecule has 0 saturated heterocycles. The van der Waals surface area contributed by atoms with Gasteiger partial charge in [-0.2, -0.15) is 0 Å². The number of hydrogen-bond donors (Lipinski definition) is 2. The van der Waals surface area contributed by atoms with Crippen molar-refractivity contribution in [3.05, 3.63) is 35.4 Å². The van der Waals surface area contributed by atoms with E-state index < -0.39 is 0 Å². The normalized spacial score (nSPS) is 10.3. The van der Waals surface area contributed by atoms with Gasteiger partial charge in [-0.3, -0.25) is 4.79 Å². The van der Waals surface area contributed by atoms with Crippen LogP contribution in [0, 0.1) is 0 Å². The molecule has 4 heteroatoms. The Morgan fingerprint density at radius 3 is 2.88 bits per heavy atom. The SMILES string of the molecule is COCCCNCc1ccccc1C(N)=O. The second kappa shape index (κ2) is 6.98. The van der Waals surface area contributed by atoms with Crippen LogP contribution < -0.4 is 11.1 Å². The molecule has 1 aromatic rings. The molecule has 1 amide bonds. The summed E-state index contributed by atoms with van der Waals surface area (Å²) in [6, 6.07) is 7.37. The van der Waals surface area contributed by atoms with E-state index in [2.05, 4.69) is 5.32 Å². The van der Waals surface area contributed by atoms with Crippen molar-refractivity contribution in [3.63, 3.8) is 0 Å². The standard InChI is InChI=1S/C12H18N2O2/c1-16-8-4-7-14-9-10-5-2-3-6-11(10)12(13)15/h2-3,5-6,14H,4,7-9H2,1H3,(H2,13,15). The van der Waals surface area contributed by atoms with Crippen LogP contribution in [0.5, 0.6) is 0 Å². The van der Waals surface area contributed by atoms with Crippen molar-refractivity contribution >= 4 is 5.91 Å². The minimum Gasteiger partial charge on any atom is -0.385 e. The Bertz CT molecular complexity index is 340. The summed E-state index contributed by atoms with van der Waals surface area (Å²) in [5, 5.41) is 3.24. The minimum absolute atomic E-state index is 0.380. The van der Waals surface area contributed by atoms with E-state index in [0.29, 0.717) is 12.1 Å². The molecule has 0 aliphatic rings. The first-order valence-corrected chi connectivity index (χ1v) is 5.33. The quantitative estimate of drug-likeness (QED) is 0.674. The van der Waals surface area contributed by atoms with Crippen molar-refractivity contribution < 1.29 is 9.53 Å². The van der Waals surface area contributed by atoms with Gasteiger partial charge in [0.05, 0.1) is 0 Å². The molecule has 4 nitrogen and oxygen atoms in total. The number of benzene rings is 1. The van der Waals surface area contributed by atoms with Gasteiger partial charge in [0.1, 0.15) is 0 Å². The lowest BCUT2D eigenvalue weighted by atomic mass is 10.1. The highest BCUT2D eigenvalue weighted by molar-refractivity contribution is 5.94. The van der Waals surface area contributed by atoms with Crippen LogP contribution in [0.3, 0.4) is 0 Å². The zero-order chi connectivity index (χ0) is 11.8. The van der Waals surface area contributed by atoms with E-state index in [1.807, 2.05) is 18.2 Å². The molecule has 0 aliphatic heterocycles. The topological polar surface area (TPSA) is 64.3 Å². The zero-order valence-corrected chi connectivity index (χ0v) is 9.53. The van der Waals surface area contributed by atoms with Crippen LogP contribution in [0.1, 0.15) is 22.3 Å². The maximum atomic E-state index is 11.1. The maximum Gasteiger partial charge on any atom is 0.249 e. The molecule has 0 bridgehead atoms. The summed E-state index contributed by atoms with van der Waals surface area (Å²) < 4.78 is 4.94. The molecule has 0 aliphatic carbocycles. The highest BCUT2D eigenvalue weighted by Gasteiger charge is 2.05. The number of nitrogens with one attached hydrogen (secondary N) is 1. The smallest absolute Gasteiger partial charge is 0.249 e. The van der Waals surface area contributed by atoms with Gasteiger partial charge in [-0.05, 0) is 24.6 Å². The second-order valence-corrected chi connectivity index (χ2v) is 3.54. The largest absolute Gasteiger partial charge is 0.385 e. The Labute approximate surface area is 95.8 Å². The first-order valence-electron chi connectivity index (χ1n) is 5.33. The van der Waals surface area contributed by atoms with E-state index in [9.17, 15) is 4.79 Å². The Morgan fingerprint density at radius 1 is 1.44 bits per heavy atom. The first kappa shape index (κ1) is 12.7. The molecule has 0 saturated carbocycles. The molecule has 88 valence electrons. The molecular formula is C12H18N2O2.